The molecule has 110 valence electrons. The first-order chi connectivity index (χ1) is 9.27. The number of hydrogen-bond donors (Lipinski definition) is 0. The molecule has 1 aromatic carbocycles. The van der Waals surface area contributed by atoms with Crippen LogP contribution in [0.15, 0.2) is 24.3 Å². The maximum Gasteiger partial charge on any atom is 0.416 e. The van der Waals surface area contributed by atoms with E-state index in [1.807, 2.05) is 19.0 Å². The number of carbonyl (C=O) groups is 1. The molecule has 20 heavy (non-hydrogen) atoms. The highest BCUT2D eigenvalue weighted by Gasteiger charge is 2.43. The third kappa shape index (κ3) is 2.59. The number of Topliss-reactive ketones (excluding diaryl/α,β-unsaturated/α-hetero) is 1. The quantitative estimate of drug-likeness (QED) is 0.788. The van der Waals surface area contributed by atoms with Crippen molar-refractivity contribution in [1.29, 1.82) is 0 Å². The highest BCUT2D eigenvalue weighted by molar-refractivity contribution is 6.03. The van der Waals surface area contributed by atoms with Crippen molar-refractivity contribution in [1.82, 2.24) is 4.90 Å². The Hall–Kier alpha value is -1.36. The molecule has 1 fully saturated rings. The van der Waals surface area contributed by atoms with Crippen LogP contribution in [-0.4, -0.2) is 30.3 Å². The van der Waals surface area contributed by atoms with Crippen LogP contribution in [0.1, 0.15) is 41.6 Å². The lowest BCUT2D eigenvalue weighted by molar-refractivity contribution is -0.137. The predicted octanol–water partition coefficient (Wildman–Crippen LogP) is 3.76. The smallest absolute Gasteiger partial charge is 0.297 e. The Labute approximate surface area is 116 Å². The minimum absolute atomic E-state index is 0.0753. The molecule has 1 aromatic rings. The van der Waals surface area contributed by atoms with Gasteiger partial charge in [0.05, 0.1) is 11.1 Å². The van der Waals surface area contributed by atoms with E-state index in [1.54, 1.807) is 0 Å². The summed E-state index contributed by atoms with van der Waals surface area (Å²) in [5.41, 5.74) is -0.923. The Morgan fingerprint density at radius 2 is 1.60 bits per heavy atom. The molecule has 0 amide bonds. The third-order valence-corrected chi connectivity index (χ3v) is 4.18. The van der Waals surface area contributed by atoms with Crippen LogP contribution in [0.5, 0.6) is 0 Å². The first-order valence-electron chi connectivity index (χ1n) is 6.67. The zero-order valence-corrected chi connectivity index (χ0v) is 11.6. The summed E-state index contributed by atoms with van der Waals surface area (Å²) in [6.45, 7) is 0. The minimum atomic E-state index is -4.37. The summed E-state index contributed by atoms with van der Waals surface area (Å²) in [4.78, 5) is 14.6. The zero-order valence-electron chi connectivity index (χ0n) is 11.6. The average Bonchev–Trinajstić information content (AvgIpc) is 2.87. The maximum absolute atomic E-state index is 12.6. The number of rotatable bonds is 3. The van der Waals surface area contributed by atoms with Gasteiger partial charge in [-0.3, -0.25) is 9.69 Å². The summed E-state index contributed by atoms with van der Waals surface area (Å²) >= 11 is 0. The van der Waals surface area contributed by atoms with Gasteiger partial charge >= 0.3 is 6.18 Å². The van der Waals surface area contributed by atoms with Crippen molar-refractivity contribution in [2.24, 2.45) is 0 Å². The Kier molecular flexibility index (Phi) is 3.91. The third-order valence-electron chi connectivity index (χ3n) is 4.18. The largest absolute Gasteiger partial charge is 0.416 e. The van der Waals surface area contributed by atoms with E-state index in [4.69, 9.17) is 0 Å². The first kappa shape index (κ1) is 15.0. The molecule has 1 saturated carbocycles. The average molecular weight is 285 g/mol. The normalized spacial score (nSPS) is 18.5. The number of ketones is 1. The van der Waals surface area contributed by atoms with Crippen LogP contribution in [0.2, 0.25) is 0 Å². The van der Waals surface area contributed by atoms with Gasteiger partial charge in [0.25, 0.3) is 0 Å². The molecule has 1 aliphatic carbocycles. The minimum Gasteiger partial charge on any atom is -0.297 e. The number of halogens is 3. The lowest BCUT2D eigenvalue weighted by atomic mass is 9.86. The topological polar surface area (TPSA) is 20.3 Å². The molecule has 2 rings (SSSR count). The second kappa shape index (κ2) is 5.20. The summed E-state index contributed by atoms with van der Waals surface area (Å²) in [6, 6.07) is 4.53. The molecule has 0 aliphatic heterocycles. The second-order valence-corrected chi connectivity index (χ2v) is 5.54. The number of alkyl halides is 3. The van der Waals surface area contributed by atoms with Gasteiger partial charge in [-0.05, 0) is 39.1 Å². The molecule has 0 saturated heterocycles. The Balaban J connectivity index is 2.29. The summed E-state index contributed by atoms with van der Waals surface area (Å²) < 4.78 is 37.6. The number of benzene rings is 1. The van der Waals surface area contributed by atoms with Crippen molar-refractivity contribution >= 4 is 5.78 Å². The fraction of sp³-hybridized carbons (Fsp3) is 0.533. The number of likely N-dealkylation sites (N-methyl/N-ethyl adjacent to an activating group) is 1. The summed E-state index contributed by atoms with van der Waals surface area (Å²) in [5.74, 6) is -0.0753. The van der Waals surface area contributed by atoms with Crippen molar-refractivity contribution in [2.75, 3.05) is 14.1 Å². The Bertz CT molecular complexity index is 485. The molecule has 0 atom stereocenters. The van der Waals surface area contributed by atoms with Crippen molar-refractivity contribution in [3.05, 3.63) is 35.4 Å². The highest BCUT2D eigenvalue weighted by atomic mass is 19.4. The fourth-order valence-corrected chi connectivity index (χ4v) is 2.92. The summed E-state index contributed by atoms with van der Waals surface area (Å²) in [7, 11) is 3.71. The van der Waals surface area contributed by atoms with Crippen LogP contribution >= 0.6 is 0 Å². The molecule has 0 spiro atoms. The van der Waals surface area contributed by atoms with Gasteiger partial charge in [-0.25, -0.2) is 0 Å². The van der Waals surface area contributed by atoms with Crippen LogP contribution in [-0.2, 0) is 6.18 Å². The molecule has 2 nitrogen and oxygen atoms in total. The zero-order chi connectivity index (χ0) is 15.0. The van der Waals surface area contributed by atoms with Gasteiger partial charge < -0.3 is 0 Å². The van der Waals surface area contributed by atoms with E-state index in [0.717, 1.165) is 37.8 Å². The van der Waals surface area contributed by atoms with E-state index in [2.05, 4.69) is 0 Å². The summed E-state index contributed by atoms with van der Waals surface area (Å²) in [5, 5.41) is 0. The van der Waals surface area contributed by atoms with Crippen molar-refractivity contribution in [2.45, 2.75) is 37.4 Å². The van der Waals surface area contributed by atoms with E-state index < -0.39 is 17.3 Å². The van der Waals surface area contributed by atoms with E-state index in [9.17, 15) is 18.0 Å². The molecule has 0 heterocycles. The summed E-state index contributed by atoms with van der Waals surface area (Å²) in [6.07, 6.45) is -0.886. The molecular formula is C15H18F3NO. The van der Waals surface area contributed by atoms with Crippen molar-refractivity contribution in [3.63, 3.8) is 0 Å². The van der Waals surface area contributed by atoms with E-state index in [-0.39, 0.29) is 5.78 Å². The maximum atomic E-state index is 12.6. The molecule has 5 heteroatoms. The molecule has 0 bridgehead atoms. The van der Waals surface area contributed by atoms with Gasteiger partial charge in [0, 0.05) is 5.56 Å². The van der Waals surface area contributed by atoms with Gasteiger partial charge in [0.15, 0.2) is 5.78 Å². The Morgan fingerprint density at radius 3 is 2.00 bits per heavy atom. The van der Waals surface area contributed by atoms with Gasteiger partial charge in [-0.2, -0.15) is 13.2 Å². The van der Waals surface area contributed by atoms with Crippen LogP contribution < -0.4 is 0 Å². The standard InChI is InChI=1S/C15H18F3NO/c1-19(2)14(9-3-4-10-14)13(20)11-5-7-12(8-6-11)15(16,17)18/h5-8H,3-4,9-10H2,1-2H3. The first-order valence-corrected chi connectivity index (χ1v) is 6.67. The lowest BCUT2D eigenvalue weighted by Crippen LogP contribution is -2.48. The molecule has 0 aromatic heterocycles. The molecule has 0 radical (unpaired) electrons. The number of carbonyl (C=O) groups excluding carboxylic acids is 1. The van der Waals surface area contributed by atoms with E-state index in [0.29, 0.717) is 5.56 Å². The fourth-order valence-electron chi connectivity index (χ4n) is 2.92. The van der Waals surface area contributed by atoms with Gasteiger partial charge in [0.1, 0.15) is 0 Å². The number of hydrogen-bond acceptors (Lipinski definition) is 2. The van der Waals surface area contributed by atoms with Crippen molar-refractivity contribution in [3.8, 4) is 0 Å². The van der Waals surface area contributed by atoms with Crippen LogP contribution in [0.4, 0.5) is 13.2 Å². The van der Waals surface area contributed by atoms with E-state index >= 15 is 0 Å². The lowest BCUT2D eigenvalue weighted by Gasteiger charge is -2.34. The van der Waals surface area contributed by atoms with Gasteiger partial charge in [-0.1, -0.05) is 25.0 Å². The Morgan fingerprint density at radius 1 is 1.10 bits per heavy atom. The predicted molar refractivity (Wildman–Crippen MR) is 70.7 cm³/mol. The molecule has 0 N–H and O–H groups in total. The van der Waals surface area contributed by atoms with Gasteiger partial charge in [0.2, 0.25) is 0 Å². The van der Waals surface area contributed by atoms with Crippen LogP contribution in [0.25, 0.3) is 0 Å². The van der Waals surface area contributed by atoms with E-state index in [1.165, 1.54) is 12.1 Å². The van der Waals surface area contributed by atoms with Crippen LogP contribution in [0, 0.1) is 0 Å². The monoisotopic (exact) mass is 285 g/mol. The number of nitrogens with zero attached hydrogens (tertiary/aromatic N) is 1. The van der Waals surface area contributed by atoms with Crippen molar-refractivity contribution < 1.29 is 18.0 Å². The molecule has 0 unspecified atom stereocenters. The van der Waals surface area contributed by atoms with Gasteiger partial charge in [-0.15, -0.1) is 0 Å². The van der Waals surface area contributed by atoms with Crippen LogP contribution in [0.3, 0.4) is 0 Å². The SMILES string of the molecule is CN(C)C1(C(=O)c2ccc(C(F)(F)F)cc2)CCCC1. The second-order valence-electron chi connectivity index (χ2n) is 5.54. The highest BCUT2D eigenvalue weighted by Crippen LogP contribution is 2.37. The molecule has 1 aliphatic rings. The molecular weight excluding hydrogens is 267 g/mol.